The maximum absolute atomic E-state index is 13.2. The van der Waals surface area contributed by atoms with Crippen molar-refractivity contribution in [3.05, 3.63) is 53.5 Å². The lowest BCUT2D eigenvalue weighted by Gasteiger charge is -2.40. The Balaban J connectivity index is 0.000000200. The molecule has 1 fully saturated rings. The summed E-state index contributed by atoms with van der Waals surface area (Å²) >= 11 is 0. The van der Waals surface area contributed by atoms with Gasteiger partial charge in [-0.1, -0.05) is 13.0 Å². The Morgan fingerprint density at radius 3 is 2.50 bits per heavy atom. The molecule has 0 amide bonds. The summed E-state index contributed by atoms with van der Waals surface area (Å²) in [5.74, 6) is 2.00. The Labute approximate surface area is 180 Å². The molecule has 1 saturated carbocycles. The van der Waals surface area contributed by atoms with E-state index in [0.29, 0.717) is 17.8 Å². The topological polar surface area (TPSA) is 62.5 Å². The highest BCUT2D eigenvalue weighted by atomic mass is 19.1. The highest BCUT2D eigenvalue weighted by molar-refractivity contribution is 5.56. The van der Waals surface area contributed by atoms with Crippen LogP contribution >= 0.6 is 0 Å². The molecule has 1 aliphatic heterocycles. The zero-order chi connectivity index (χ0) is 22.3. The number of aromatic nitrogens is 1. The van der Waals surface area contributed by atoms with Crippen LogP contribution in [0.25, 0.3) is 0 Å². The average molecular weight is 415 g/mol. The number of aldehydes is 1. The van der Waals surface area contributed by atoms with E-state index in [-0.39, 0.29) is 5.82 Å². The highest BCUT2D eigenvalue weighted by Crippen LogP contribution is 2.44. The van der Waals surface area contributed by atoms with Gasteiger partial charge in [0.05, 0.1) is 5.69 Å². The summed E-state index contributed by atoms with van der Waals surface area (Å²) < 4.78 is 13.2. The van der Waals surface area contributed by atoms with Crippen LogP contribution in [0.1, 0.15) is 37.9 Å². The predicted molar refractivity (Wildman–Crippen MR) is 122 cm³/mol. The lowest BCUT2D eigenvalue weighted by Crippen LogP contribution is -2.43. The molecule has 1 aromatic heterocycles. The molecule has 2 heterocycles. The van der Waals surface area contributed by atoms with Crippen LogP contribution in [0.15, 0.2) is 36.4 Å². The second-order valence-electron chi connectivity index (χ2n) is 8.42. The third-order valence-corrected chi connectivity index (χ3v) is 5.41. The van der Waals surface area contributed by atoms with E-state index in [0.717, 1.165) is 30.9 Å². The smallest absolute Gasteiger partial charge is 0.123 e. The molecular formula is C24H35FN4O. The number of hydrogen-bond donors (Lipinski definition) is 1. The number of nitrogens with two attached hydrogens (primary N) is 1. The van der Waals surface area contributed by atoms with Gasteiger partial charge in [0.1, 0.15) is 17.9 Å². The molecule has 30 heavy (non-hydrogen) atoms. The molecule has 164 valence electrons. The van der Waals surface area contributed by atoms with Gasteiger partial charge in [-0.15, -0.1) is 0 Å². The molecule has 0 radical (unpaired) electrons. The number of fused-ring (bicyclic) bond motifs is 1. The molecule has 4 rings (SSSR count). The van der Waals surface area contributed by atoms with Gasteiger partial charge in [-0.25, -0.2) is 9.37 Å². The number of hydrogen-bond acceptors (Lipinski definition) is 5. The van der Waals surface area contributed by atoms with Gasteiger partial charge in [0.2, 0.25) is 0 Å². The normalized spacial score (nSPS) is 19.8. The summed E-state index contributed by atoms with van der Waals surface area (Å²) in [6.45, 7) is 4.58. The molecule has 1 aromatic carbocycles. The fourth-order valence-electron chi connectivity index (χ4n) is 4.20. The quantitative estimate of drug-likeness (QED) is 0.764. The molecule has 2 N–H and O–H groups in total. The Morgan fingerprint density at radius 2 is 1.93 bits per heavy atom. The monoisotopic (exact) mass is 414 g/mol. The largest absolute Gasteiger partial charge is 0.384 e. The molecular weight excluding hydrogens is 379 g/mol. The van der Waals surface area contributed by atoms with Crippen LogP contribution in [-0.4, -0.2) is 43.4 Å². The van der Waals surface area contributed by atoms with E-state index in [2.05, 4.69) is 28.8 Å². The molecule has 2 aromatic rings. The SMILES string of the molecule is CC1Cc2cc(F)ccc2N(C)[C@H]1C1CC1.CC=O.CN(C)Cc1cccc(N)n1. The number of benzene rings is 1. The third kappa shape index (κ3) is 6.80. The van der Waals surface area contributed by atoms with Crippen molar-refractivity contribution < 1.29 is 9.18 Å². The summed E-state index contributed by atoms with van der Waals surface area (Å²) in [7, 11) is 6.17. The number of nitrogens with zero attached hydrogens (tertiary/aromatic N) is 3. The van der Waals surface area contributed by atoms with Gasteiger partial charge in [0.15, 0.2) is 0 Å². The molecule has 0 saturated heterocycles. The first-order valence-corrected chi connectivity index (χ1v) is 10.5. The van der Waals surface area contributed by atoms with E-state index < -0.39 is 0 Å². The van der Waals surface area contributed by atoms with E-state index in [1.807, 2.05) is 32.3 Å². The number of halogens is 1. The lowest BCUT2D eigenvalue weighted by atomic mass is 9.85. The Hall–Kier alpha value is -2.47. The number of carbonyl (C=O) groups excluding carboxylic acids is 1. The van der Waals surface area contributed by atoms with Crippen LogP contribution in [0, 0.1) is 17.7 Å². The van der Waals surface area contributed by atoms with Crippen molar-refractivity contribution >= 4 is 17.8 Å². The minimum Gasteiger partial charge on any atom is -0.384 e. The second kappa shape index (κ2) is 11.1. The fraction of sp³-hybridized carbons (Fsp3) is 0.500. The van der Waals surface area contributed by atoms with Crippen LogP contribution in [0.3, 0.4) is 0 Å². The van der Waals surface area contributed by atoms with Gasteiger partial charge in [0, 0.05) is 25.3 Å². The van der Waals surface area contributed by atoms with Crippen LogP contribution < -0.4 is 10.6 Å². The van der Waals surface area contributed by atoms with Crippen molar-refractivity contribution in [1.82, 2.24) is 9.88 Å². The molecule has 0 bridgehead atoms. The summed E-state index contributed by atoms with van der Waals surface area (Å²) in [5, 5.41) is 0. The number of carbonyl (C=O) groups is 1. The van der Waals surface area contributed by atoms with Crippen molar-refractivity contribution in [2.75, 3.05) is 31.8 Å². The minimum absolute atomic E-state index is 0.107. The third-order valence-electron chi connectivity index (χ3n) is 5.41. The summed E-state index contributed by atoms with van der Waals surface area (Å²) in [6.07, 6.45) is 4.52. The number of nitrogen functional groups attached to an aromatic ring is 1. The van der Waals surface area contributed by atoms with E-state index in [1.165, 1.54) is 31.0 Å². The van der Waals surface area contributed by atoms with E-state index >= 15 is 0 Å². The molecule has 6 heteroatoms. The zero-order valence-electron chi connectivity index (χ0n) is 18.8. The molecule has 2 aliphatic rings. The first kappa shape index (κ1) is 23.8. The maximum atomic E-state index is 13.2. The summed E-state index contributed by atoms with van der Waals surface area (Å²) in [5.41, 5.74) is 8.92. The molecule has 2 atom stereocenters. The Morgan fingerprint density at radius 1 is 1.27 bits per heavy atom. The lowest BCUT2D eigenvalue weighted by molar-refractivity contribution is -0.106. The average Bonchev–Trinajstić information content (AvgIpc) is 3.47. The van der Waals surface area contributed by atoms with Crippen molar-refractivity contribution in [2.24, 2.45) is 11.8 Å². The van der Waals surface area contributed by atoms with Crippen molar-refractivity contribution in [2.45, 2.75) is 45.7 Å². The number of anilines is 2. The van der Waals surface area contributed by atoms with Gasteiger partial charge in [-0.05, 0) is 88.0 Å². The Bertz CT molecular complexity index is 823. The van der Waals surface area contributed by atoms with E-state index in [1.54, 1.807) is 18.2 Å². The first-order valence-electron chi connectivity index (χ1n) is 10.5. The molecule has 5 nitrogen and oxygen atoms in total. The standard InChI is InChI=1S/C14H18FN.C8H13N3.C2H4O/c1-9-7-11-8-12(15)5-6-13(11)16(2)14(9)10-3-4-10;1-11(2)6-7-4-3-5-8(9)10-7;1-2-3/h5-6,8-10,14H,3-4,7H2,1-2H3;3-5H,6H2,1-2H3,(H2,9,10);2H,1H3/t9?,14-;;/m1../s1. The first-order chi connectivity index (χ1) is 14.3. The molecule has 1 unspecified atom stereocenters. The van der Waals surface area contributed by atoms with E-state index in [9.17, 15) is 4.39 Å². The predicted octanol–water partition coefficient (Wildman–Crippen LogP) is 4.16. The van der Waals surface area contributed by atoms with Gasteiger partial charge in [-0.2, -0.15) is 0 Å². The van der Waals surface area contributed by atoms with Gasteiger partial charge < -0.3 is 20.3 Å². The second-order valence-corrected chi connectivity index (χ2v) is 8.42. The maximum Gasteiger partial charge on any atom is 0.123 e. The van der Waals surface area contributed by atoms with Crippen molar-refractivity contribution in [1.29, 1.82) is 0 Å². The number of pyridine rings is 1. The minimum atomic E-state index is -0.107. The summed E-state index contributed by atoms with van der Waals surface area (Å²) in [4.78, 5) is 17.4. The van der Waals surface area contributed by atoms with Gasteiger partial charge in [0.25, 0.3) is 0 Å². The number of rotatable bonds is 3. The van der Waals surface area contributed by atoms with Crippen molar-refractivity contribution in [3.8, 4) is 0 Å². The summed E-state index contributed by atoms with van der Waals surface area (Å²) in [6, 6.07) is 11.6. The highest BCUT2D eigenvalue weighted by Gasteiger charge is 2.40. The van der Waals surface area contributed by atoms with Gasteiger partial charge in [-0.3, -0.25) is 0 Å². The van der Waals surface area contributed by atoms with Gasteiger partial charge >= 0.3 is 0 Å². The van der Waals surface area contributed by atoms with Crippen LogP contribution in [-0.2, 0) is 17.8 Å². The zero-order valence-corrected chi connectivity index (χ0v) is 18.8. The van der Waals surface area contributed by atoms with E-state index in [4.69, 9.17) is 10.5 Å². The van der Waals surface area contributed by atoms with Crippen LogP contribution in [0.2, 0.25) is 0 Å². The molecule has 0 spiro atoms. The van der Waals surface area contributed by atoms with Crippen LogP contribution in [0.4, 0.5) is 15.9 Å². The molecule has 1 aliphatic carbocycles. The van der Waals surface area contributed by atoms with Crippen LogP contribution in [0.5, 0.6) is 0 Å². The Kier molecular flexibility index (Phi) is 8.78. The fourth-order valence-corrected chi connectivity index (χ4v) is 4.20. The van der Waals surface area contributed by atoms with Crippen molar-refractivity contribution in [3.63, 3.8) is 0 Å².